The van der Waals surface area contributed by atoms with Crippen molar-refractivity contribution in [1.29, 1.82) is 0 Å². The maximum absolute atomic E-state index is 12.5. The first kappa shape index (κ1) is 19.5. The van der Waals surface area contributed by atoms with E-state index in [4.69, 9.17) is 0 Å². The lowest BCUT2D eigenvalue weighted by molar-refractivity contribution is -0.384. The topological polar surface area (TPSA) is 117 Å². The number of fused-ring (bicyclic) bond motifs is 1. The molecular formula is C21H20N6O3. The third-order valence-electron chi connectivity index (χ3n) is 4.88. The predicted molar refractivity (Wildman–Crippen MR) is 113 cm³/mol. The molecule has 0 aliphatic carbocycles. The third kappa shape index (κ3) is 4.58. The van der Waals surface area contributed by atoms with Crippen molar-refractivity contribution in [3.63, 3.8) is 0 Å². The summed E-state index contributed by atoms with van der Waals surface area (Å²) in [5.74, 6) is 0.272. The Bertz CT molecular complexity index is 1130. The van der Waals surface area contributed by atoms with Crippen molar-refractivity contribution < 1.29 is 4.92 Å². The molecule has 0 spiro atoms. The highest BCUT2D eigenvalue weighted by Crippen LogP contribution is 2.17. The standard InChI is InChI=1S/C21H20N6O3/c28-20-18-14-26(13-16-4-2-1-3-5-16)11-10-19(18)23-21(24-20)25-22-12-15-6-8-17(9-7-15)27(29)30/h1-9,12H,10-11,13-14H2,(H2,23,24,25,28)/b22-12-. The van der Waals surface area contributed by atoms with E-state index in [1.54, 1.807) is 12.1 Å². The van der Waals surface area contributed by atoms with Crippen molar-refractivity contribution in [1.82, 2.24) is 14.9 Å². The second kappa shape index (κ2) is 8.66. The summed E-state index contributed by atoms with van der Waals surface area (Å²) in [7, 11) is 0. The van der Waals surface area contributed by atoms with E-state index in [0.29, 0.717) is 24.1 Å². The molecule has 0 saturated carbocycles. The predicted octanol–water partition coefficient (Wildman–Crippen LogP) is 2.68. The number of hydrogen-bond donors (Lipinski definition) is 2. The Labute approximate surface area is 172 Å². The maximum Gasteiger partial charge on any atom is 0.269 e. The van der Waals surface area contributed by atoms with E-state index in [0.717, 1.165) is 18.8 Å². The van der Waals surface area contributed by atoms with Crippen LogP contribution in [0.25, 0.3) is 0 Å². The summed E-state index contributed by atoms with van der Waals surface area (Å²) < 4.78 is 0. The number of nitro groups is 1. The van der Waals surface area contributed by atoms with Gasteiger partial charge in [-0.2, -0.15) is 5.10 Å². The van der Waals surface area contributed by atoms with Gasteiger partial charge in [-0.25, -0.2) is 10.4 Å². The zero-order valence-corrected chi connectivity index (χ0v) is 16.1. The molecule has 9 nitrogen and oxygen atoms in total. The zero-order chi connectivity index (χ0) is 20.9. The minimum Gasteiger partial charge on any atom is -0.294 e. The SMILES string of the molecule is O=c1[nH]c(N/N=C\c2ccc([N+](=O)[O-])cc2)nc2c1CN(Cc1ccccc1)CC2. The molecule has 3 aromatic rings. The Kier molecular flexibility index (Phi) is 5.62. The van der Waals surface area contributed by atoms with Crippen LogP contribution in [0.4, 0.5) is 11.6 Å². The summed E-state index contributed by atoms with van der Waals surface area (Å²) in [6, 6.07) is 16.2. The smallest absolute Gasteiger partial charge is 0.269 e. The van der Waals surface area contributed by atoms with Gasteiger partial charge in [0, 0.05) is 38.2 Å². The quantitative estimate of drug-likeness (QED) is 0.371. The van der Waals surface area contributed by atoms with E-state index < -0.39 is 4.92 Å². The molecule has 0 saturated heterocycles. The molecule has 9 heteroatoms. The third-order valence-corrected chi connectivity index (χ3v) is 4.88. The van der Waals surface area contributed by atoms with Gasteiger partial charge in [0.05, 0.1) is 22.4 Å². The van der Waals surface area contributed by atoms with Crippen LogP contribution in [0.5, 0.6) is 0 Å². The number of benzene rings is 2. The van der Waals surface area contributed by atoms with Gasteiger partial charge in [-0.3, -0.25) is 24.8 Å². The van der Waals surface area contributed by atoms with Crippen LogP contribution in [0.3, 0.4) is 0 Å². The van der Waals surface area contributed by atoms with Gasteiger partial charge in [-0.1, -0.05) is 30.3 Å². The van der Waals surface area contributed by atoms with E-state index in [9.17, 15) is 14.9 Å². The molecule has 2 heterocycles. The number of aromatic nitrogens is 2. The van der Waals surface area contributed by atoms with E-state index in [2.05, 4.69) is 37.5 Å². The van der Waals surface area contributed by atoms with Gasteiger partial charge in [-0.15, -0.1) is 0 Å². The minimum atomic E-state index is -0.456. The molecule has 1 aliphatic rings. The van der Waals surface area contributed by atoms with Crippen molar-refractivity contribution in [3.05, 3.63) is 97.4 Å². The van der Waals surface area contributed by atoms with Crippen LogP contribution in [-0.2, 0) is 19.5 Å². The average Bonchev–Trinajstić information content (AvgIpc) is 2.75. The summed E-state index contributed by atoms with van der Waals surface area (Å²) in [5.41, 5.74) is 5.92. The number of nitrogens with zero attached hydrogens (tertiary/aromatic N) is 4. The lowest BCUT2D eigenvalue weighted by Crippen LogP contribution is -2.35. The van der Waals surface area contributed by atoms with Gasteiger partial charge in [0.1, 0.15) is 0 Å². The van der Waals surface area contributed by atoms with Crippen molar-refractivity contribution in [2.24, 2.45) is 5.10 Å². The first-order valence-corrected chi connectivity index (χ1v) is 9.50. The molecule has 0 unspecified atom stereocenters. The molecule has 0 atom stereocenters. The second-order valence-electron chi connectivity index (χ2n) is 7.00. The number of anilines is 1. The Balaban J connectivity index is 1.41. The minimum absolute atomic E-state index is 0.0158. The van der Waals surface area contributed by atoms with E-state index in [-0.39, 0.29) is 17.2 Å². The van der Waals surface area contributed by atoms with Crippen molar-refractivity contribution in [2.45, 2.75) is 19.5 Å². The van der Waals surface area contributed by atoms with Crippen molar-refractivity contribution in [2.75, 3.05) is 12.0 Å². The number of rotatable bonds is 6. The van der Waals surface area contributed by atoms with Gasteiger partial charge in [-0.05, 0) is 23.3 Å². The van der Waals surface area contributed by atoms with E-state index >= 15 is 0 Å². The normalized spacial score (nSPS) is 13.9. The number of H-pyrrole nitrogens is 1. The Morgan fingerprint density at radius 1 is 1.20 bits per heavy atom. The zero-order valence-electron chi connectivity index (χ0n) is 16.1. The van der Waals surface area contributed by atoms with Gasteiger partial charge < -0.3 is 0 Å². The summed E-state index contributed by atoms with van der Waals surface area (Å²) in [5, 5.41) is 14.7. The molecule has 2 aromatic carbocycles. The molecule has 1 aromatic heterocycles. The highest BCUT2D eigenvalue weighted by molar-refractivity contribution is 5.80. The molecule has 152 valence electrons. The van der Waals surface area contributed by atoms with Gasteiger partial charge in [0.25, 0.3) is 11.2 Å². The van der Waals surface area contributed by atoms with Gasteiger partial charge >= 0.3 is 0 Å². The summed E-state index contributed by atoms with van der Waals surface area (Å²) in [4.78, 5) is 32.2. The number of hydrazone groups is 1. The Morgan fingerprint density at radius 3 is 2.70 bits per heavy atom. The highest BCUT2D eigenvalue weighted by Gasteiger charge is 2.21. The lowest BCUT2D eigenvalue weighted by Gasteiger charge is -2.27. The molecule has 2 N–H and O–H groups in total. The molecule has 0 bridgehead atoms. The Morgan fingerprint density at radius 2 is 1.97 bits per heavy atom. The number of nitrogens with one attached hydrogen (secondary N) is 2. The van der Waals surface area contributed by atoms with Crippen LogP contribution in [-0.4, -0.2) is 32.6 Å². The largest absolute Gasteiger partial charge is 0.294 e. The van der Waals surface area contributed by atoms with Crippen LogP contribution in [0.1, 0.15) is 22.4 Å². The van der Waals surface area contributed by atoms with Crippen LogP contribution < -0.4 is 11.0 Å². The Hall–Kier alpha value is -3.85. The number of nitro benzene ring substituents is 1. The van der Waals surface area contributed by atoms with Gasteiger partial charge in [0.2, 0.25) is 5.95 Å². The monoisotopic (exact) mass is 404 g/mol. The van der Waals surface area contributed by atoms with Crippen molar-refractivity contribution in [3.8, 4) is 0 Å². The summed E-state index contributed by atoms with van der Waals surface area (Å²) >= 11 is 0. The molecule has 4 rings (SSSR count). The molecular weight excluding hydrogens is 384 g/mol. The average molecular weight is 404 g/mol. The highest BCUT2D eigenvalue weighted by atomic mass is 16.6. The fraction of sp³-hybridized carbons (Fsp3) is 0.190. The molecule has 0 amide bonds. The first-order valence-electron chi connectivity index (χ1n) is 9.50. The first-order chi connectivity index (χ1) is 14.6. The summed E-state index contributed by atoms with van der Waals surface area (Å²) in [6.07, 6.45) is 2.19. The number of hydrogen-bond acceptors (Lipinski definition) is 7. The van der Waals surface area contributed by atoms with Crippen LogP contribution in [0, 0.1) is 10.1 Å². The molecule has 0 fully saturated rings. The van der Waals surface area contributed by atoms with Crippen LogP contribution >= 0.6 is 0 Å². The van der Waals surface area contributed by atoms with Crippen LogP contribution in [0.15, 0.2) is 64.5 Å². The lowest BCUT2D eigenvalue weighted by atomic mass is 10.1. The van der Waals surface area contributed by atoms with Gasteiger partial charge in [0.15, 0.2) is 0 Å². The maximum atomic E-state index is 12.5. The molecule has 1 aliphatic heterocycles. The van der Waals surface area contributed by atoms with E-state index in [1.807, 2.05) is 18.2 Å². The summed E-state index contributed by atoms with van der Waals surface area (Å²) in [6.45, 7) is 2.17. The fourth-order valence-corrected chi connectivity index (χ4v) is 3.36. The fourth-order valence-electron chi connectivity index (χ4n) is 3.36. The van der Waals surface area contributed by atoms with Crippen molar-refractivity contribution >= 4 is 17.9 Å². The van der Waals surface area contributed by atoms with E-state index in [1.165, 1.54) is 23.9 Å². The number of aromatic amines is 1. The number of non-ortho nitro benzene ring substituents is 1. The molecule has 30 heavy (non-hydrogen) atoms. The second-order valence-corrected chi connectivity index (χ2v) is 7.00. The molecule has 0 radical (unpaired) electrons. The van der Waals surface area contributed by atoms with Crippen LogP contribution in [0.2, 0.25) is 0 Å².